The molecule has 72 valence electrons. The molecule has 0 saturated heterocycles. The number of carboxylic acids is 1. The molecule has 0 spiro atoms. The summed E-state index contributed by atoms with van der Waals surface area (Å²) in [6, 6.07) is 0. The molecule has 0 rings (SSSR count). The van der Waals surface area contributed by atoms with Crippen LogP contribution in [0.1, 0.15) is 26.7 Å². The topological polar surface area (TPSA) is 57.5 Å². The maximum absolute atomic E-state index is 10.4. The summed E-state index contributed by atoms with van der Waals surface area (Å²) in [6.45, 7) is 3.97. The zero-order chi connectivity index (χ0) is 9.56. The highest BCUT2D eigenvalue weighted by Crippen LogP contribution is 2.22. The fourth-order valence-corrected chi connectivity index (χ4v) is 2.03. The van der Waals surface area contributed by atoms with Crippen LogP contribution in [0.2, 0.25) is 0 Å². The highest BCUT2D eigenvalue weighted by molar-refractivity contribution is 8.00. The molecule has 2 unspecified atom stereocenters. The molecule has 0 aliphatic rings. The van der Waals surface area contributed by atoms with Crippen molar-refractivity contribution in [3.63, 3.8) is 0 Å². The number of hydrogen-bond acceptors (Lipinski definition) is 3. The van der Waals surface area contributed by atoms with Crippen LogP contribution in [0.4, 0.5) is 0 Å². The smallest absolute Gasteiger partial charge is 0.304 e. The third-order valence-electron chi connectivity index (χ3n) is 1.54. The first-order valence-electron chi connectivity index (χ1n) is 4.08. The van der Waals surface area contributed by atoms with Crippen LogP contribution in [0.3, 0.4) is 0 Å². The summed E-state index contributed by atoms with van der Waals surface area (Å²) in [6.07, 6.45) is 1.02. The van der Waals surface area contributed by atoms with E-state index < -0.39 is 5.97 Å². The zero-order valence-corrected chi connectivity index (χ0v) is 8.30. The molecule has 0 aromatic rings. The van der Waals surface area contributed by atoms with Gasteiger partial charge in [-0.15, -0.1) is 0 Å². The molecular formula is C8H16O3S. The molecule has 3 nitrogen and oxygen atoms in total. The van der Waals surface area contributed by atoms with Crippen LogP contribution < -0.4 is 0 Å². The number of carbonyl (C=O) groups is 1. The van der Waals surface area contributed by atoms with Gasteiger partial charge in [0.05, 0.1) is 13.0 Å². The minimum Gasteiger partial charge on any atom is -0.481 e. The quantitative estimate of drug-likeness (QED) is 0.667. The molecule has 2 N–H and O–H groups in total. The van der Waals surface area contributed by atoms with E-state index in [1.54, 1.807) is 11.8 Å². The van der Waals surface area contributed by atoms with Crippen LogP contribution >= 0.6 is 11.8 Å². The van der Waals surface area contributed by atoms with Crippen LogP contribution in [0.15, 0.2) is 0 Å². The molecule has 0 radical (unpaired) electrons. The molecule has 0 saturated carbocycles. The van der Waals surface area contributed by atoms with E-state index in [-0.39, 0.29) is 23.5 Å². The minimum absolute atomic E-state index is 0.112. The standard InChI is InChI=1S/C8H16O3S/c1-3-7(4-8(10)11)12-6(2)5-9/h6-7,9H,3-5H2,1-2H3,(H,10,11). The Kier molecular flexibility index (Phi) is 6.20. The Morgan fingerprint density at radius 2 is 2.17 bits per heavy atom. The molecule has 4 heteroatoms. The predicted molar refractivity (Wildman–Crippen MR) is 50.5 cm³/mol. The van der Waals surface area contributed by atoms with E-state index in [1.165, 1.54) is 0 Å². The molecule has 2 atom stereocenters. The normalized spacial score (nSPS) is 15.6. The summed E-state index contributed by atoms with van der Waals surface area (Å²) < 4.78 is 0. The van der Waals surface area contributed by atoms with E-state index >= 15 is 0 Å². The second kappa shape index (κ2) is 6.31. The number of carboxylic acid groups (broad SMARTS) is 1. The van der Waals surface area contributed by atoms with Crippen molar-refractivity contribution in [2.24, 2.45) is 0 Å². The van der Waals surface area contributed by atoms with Gasteiger partial charge >= 0.3 is 5.97 Å². The predicted octanol–water partition coefficient (Wildman–Crippen LogP) is 1.35. The number of aliphatic carboxylic acids is 1. The van der Waals surface area contributed by atoms with Crippen molar-refractivity contribution in [2.45, 2.75) is 37.2 Å². The van der Waals surface area contributed by atoms with Gasteiger partial charge in [0.1, 0.15) is 0 Å². The fourth-order valence-electron chi connectivity index (χ4n) is 0.855. The summed E-state index contributed by atoms with van der Waals surface area (Å²) in [7, 11) is 0. The van der Waals surface area contributed by atoms with Gasteiger partial charge < -0.3 is 10.2 Å². The molecule has 0 heterocycles. The summed E-state index contributed by atoms with van der Waals surface area (Å²) in [4.78, 5) is 10.4. The highest BCUT2D eigenvalue weighted by Gasteiger charge is 2.14. The van der Waals surface area contributed by atoms with Gasteiger partial charge in [0.25, 0.3) is 0 Å². The number of aliphatic hydroxyl groups excluding tert-OH is 1. The summed E-state index contributed by atoms with van der Waals surface area (Å²) >= 11 is 1.54. The average Bonchev–Trinajstić information content (AvgIpc) is 2.02. The van der Waals surface area contributed by atoms with Gasteiger partial charge in [-0.1, -0.05) is 13.8 Å². The Balaban J connectivity index is 3.74. The minimum atomic E-state index is -0.764. The molecule has 0 bridgehead atoms. The van der Waals surface area contributed by atoms with Gasteiger partial charge in [0.2, 0.25) is 0 Å². The van der Waals surface area contributed by atoms with Gasteiger partial charge in [-0.05, 0) is 6.42 Å². The van der Waals surface area contributed by atoms with Crippen molar-refractivity contribution >= 4 is 17.7 Å². The van der Waals surface area contributed by atoms with E-state index in [9.17, 15) is 4.79 Å². The van der Waals surface area contributed by atoms with Crippen molar-refractivity contribution in [2.75, 3.05) is 6.61 Å². The van der Waals surface area contributed by atoms with Crippen LogP contribution in [0, 0.1) is 0 Å². The Labute approximate surface area is 77.2 Å². The molecule has 0 aliphatic carbocycles. The third kappa shape index (κ3) is 5.43. The average molecular weight is 192 g/mol. The second-order valence-electron chi connectivity index (χ2n) is 2.76. The van der Waals surface area contributed by atoms with Crippen LogP contribution in [-0.4, -0.2) is 33.3 Å². The number of aliphatic hydroxyl groups is 1. The summed E-state index contributed by atoms with van der Waals surface area (Å²) in [5.74, 6) is -0.764. The summed E-state index contributed by atoms with van der Waals surface area (Å²) in [5, 5.41) is 17.5. The number of rotatable bonds is 6. The second-order valence-corrected chi connectivity index (χ2v) is 4.50. The monoisotopic (exact) mass is 192 g/mol. The van der Waals surface area contributed by atoms with Gasteiger partial charge in [0, 0.05) is 10.5 Å². The maximum atomic E-state index is 10.4. The fraction of sp³-hybridized carbons (Fsp3) is 0.875. The maximum Gasteiger partial charge on any atom is 0.304 e. The van der Waals surface area contributed by atoms with Crippen molar-refractivity contribution < 1.29 is 15.0 Å². The van der Waals surface area contributed by atoms with E-state index in [4.69, 9.17) is 10.2 Å². The SMILES string of the molecule is CCC(CC(=O)O)SC(C)CO. The highest BCUT2D eigenvalue weighted by atomic mass is 32.2. The lowest BCUT2D eigenvalue weighted by atomic mass is 10.2. The van der Waals surface area contributed by atoms with Gasteiger partial charge in [0.15, 0.2) is 0 Å². The first-order valence-corrected chi connectivity index (χ1v) is 5.02. The lowest BCUT2D eigenvalue weighted by Crippen LogP contribution is -2.14. The molecule has 0 amide bonds. The van der Waals surface area contributed by atoms with E-state index in [1.807, 2.05) is 13.8 Å². The number of hydrogen-bond donors (Lipinski definition) is 2. The molecular weight excluding hydrogens is 176 g/mol. The Bertz CT molecular complexity index is 138. The van der Waals surface area contributed by atoms with Crippen molar-refractivity contribution in [3.05, 3.63) is 0 Å². The Morgan fingerprint density at radius 1 is 1.58 bits per heavy atom. The van der Waals surface area contributed by atoms with Crippen molar-refractivity contribution in [1.29, 1.82) is 0 Å². The molecule has 0 aromatic carbocycles. The van der Waals surface area contributed by atoms with Crippen LogP contribution in [0.5, 0.6) is 0 Å². The lowest BCUT2D eigenvalue weighted by molar-refractivity contribution is -0.136. The third-order valence-corrected chi connectivity index (χ3v) is 3.04. The van der Waals surface area contributed by atoms with Crippen LogP contribution in [0.25, 0.3) is 0 Å². The largest absolute Gasteiger partial charge is 0.481 e. The Morgan fingerprint density at radius 3 is 2.50 bits per heavy atom. The van der Waals surface area contributed by atoms with Crippen LogP contribution in [-0.2, 0) is 4.79 Å². The molecule has 0 aromatic heterocycles. The van der Waals surface area contributed by atoms with Gasteiger partial charge in [-0.3, -0.25) is 4.79 Å². The summed E-state index contributed by atoms with van der Waals surface area (Å²) in [5.41, 5.74) is 0. The first kappa shape index (κ1) is 11.8. The molecule has 12 heavy (non-hydrogen) atoms. The first-order chi connectivity index (χ1) is 5.60. The Hall–Kier alpha value is -0.220. The number of thioether (sulfide) groups is 1. The van der Waals surface area contributed by atoms with E-state index in [2.05, 4.69) is 0 Å². The van der Waals surface area contributed by atoms with E-state index in [0.717, 1.165) is 6.42 Å². The van der Waals surface area contributed by atoms with E-state index in [0.29, 0.717) is 0 Å². The van der Waals surface area contributed by atoms with Gasteiger partial charge in [-0.25, -0.2) is 0 Å². The van der Waals surface area contributed by atoms with Crippen molar-refractivity contribution in [3.8, 4) is 0 Å². The van der Waals surface area contributed by atoms with Crippen molar-refractivity contribution in [1.82, 2.24) is 0 Å². The van der Waals surface area contributed by atoms with Gasteiger partial charge in [-0.2, -0.15) is 11.8 Å². The molecule has 0 fully saturated rings. The molecule has 0 aliphatic heterocycles. The lowest BCUT2D eigenvalue weighted by Gasteiger charge is -2.15. The zero-order valence-electron chi connectivity index (χ0n) is 7.49.